The maximum absolute atomic E-state index is 12.9. The molecule has 0 bridgehead atoms. The highest BCUT2D eigenvalue weighted by Crippen LogP contribution is 2.23. The summed E-state index contributed by atoms with van der Waals surface area (Å²) in [5, 5.41) is 9.21. The molecule has 0 fully saturated rings. The van der Waals surface area contributed by atoms with Crippen molar-refractivity contribution in [2.24, 2.45) is 0 Å². The number of amides is 1. The topological polar surface area (TPSA) is 73.4 Å². The number of carbonyl (C=O) groups excluding carboxylic acids is 1. The van der Waals surface area contributed by atoms with E-state index in [2.05, 4.69) is 10.3 Å². The molecule has 9 heteroatoms. The largest absolute Gasteiger partial charge is 0.489 e. The minimum Gasteiger partial charge on any atom is -0.489 e. The van der Waals surface area contributed by atoms with Gasteiger partial charge in [0.25, 0.3) is 5.91 Å². The van der Waals surface area contributed by atoms with Crippen LogP contribution >= 0.6 is 23.2 Å². The molecule has 0 radical (unpaired) electrons. The van der Waals surface area contributed by atoms with Crippen molar-refractivity contribution in [3.05, 3.63) is 63.2 Å². The number of aromatic nitrogens is 3. The second kappa shape index (κ2) is 8.67. The first-order valence-electron chi connectivity index (χ1n) is 8.69. The van der Waals surface area contributed by atoms with Gasteiger partial charge in [0.05, 0.1) is 29.0 Å². The number of halogens is 2. The zero-order chi connectivity index (χ0) is 20.3. The van der Waals surface area contributed by atoms with E-state index in [1.807, 2.05) is 6.92 Å². The summed E-state index contributed by atoms with van der Waals surface area (Å²) in [5.74, 6) is 0.829. The van der Waals surface area contributed by atoms with Gasteiger partial charge >= 0.3 is 0 Å². The lowest BCUT2D eigenvalue weighted by atomic mass is 10.2. The molecule has 0 saturated carbocycles. The molecule has 0 aliphatic rings. The Bertz CT molecular complexity index is 983. The van der Waals surface area contributed by atoms with Crippen LogP contribution < -0.4 is 4.74 Å². The molecule has 1 amide bonds. The molecule has 0 atom stereocenters. The summed E-state index contributed by atoms with van der Waals surface area (Å²) in [7, 11) is 1.68. The van der Waals surface area contributed by atoms with Gasteiger partial charge in [0, 0.05) is 18.6 Å². The van der Waals surface area contributed by atoms with Crippen molar-refractivity contribution in [3.63, 3.8) is 0 Å². The third kappa shape index (κ3) is 4.31. The summed E-state index contributed by atoms with van der Waals surface area (Å²) >= 11 is 12.2. The van der Waals surface area contributed by atoms with Crippen LogP contribution in [0.2, 0.25) is 10.0 Å². The number of rotatable bonds is 7. The maximum Gasteiger partial charge on any atom is 0.276 e. The first-order valence-corrected chi connectivity index (χ1v) is 9.45. The van der Waals surface area contributed by atoms with Gasteiger partial charge in [-0.1, -0.05) is 34.4 Å². The van der Waals surface area contributed by atoms with E-state index in [1.165, 1.54) is 4.90 Å². The first-order chi connectivity index (χ1) is 13.4. The molecule has 3 rings (SSSR count). The average Bonchev–Trinajstić information content (AvgIpc) is 3.22. The highest BCUT2D eigenvalue weighted by molar-refractivity contribution is 6.31. The molecule has 0 aliphatic heterocycles. The number of carbonyl (C=O) groups is 1. The Labute approximate surface area is 172 Å². The smallest absolute Gasteiger partial charge is 0.276 e. The highest BCUT2D eigenvalue weighted by Gasteiger charge is 2.24. The van der Waals surface area contributed by atoms with Gasteiger partial charge in [0.15, 0.2) is 5.69 Å². The third-order valence-electron chi connectivity index (χ3n) is 4.30. The van der Waals surface area contributed by atoms with Crippen molar-refractivity contribution >= 4 is 29.1 Å². The molecular formula is C19H20Cl2N4O3. The van der Waals surface area contributed by atoms with Crippen molar-refractivity contribution in [3.8, 4) is 5.75 Å². The van der Waals surface area contributed by atoms with Gasteiger partial charge in [-0.15, -0.1) is 0 Å². The maximum atomic E-state index is 12.9. The molecule has 0 saturated heterocycles. The molecule has 0 aliphatic carbocycles. The number of aryl methyl sites for hydroxylation is 2. The van der Waals surface area contributed by atoms with Crippen LogP contribution in [0.5, 0.6) is 5.75 Å². The summed E-state index contributed by atoms with van der Waals surface area (Å²) < 4.78 is 12.7. The Kier molecular flexibility index (Phi) is 6.26. The van der Waals surface area contributed by atoms with E-state index in [0.717, 1.165) is 5.69 Å². The van der Waals surface area contributed by atoms with Gasteiger partial charge in [-0.2, -0.15) is 5.10 Å². The van der Waals surface area contributed by atoms with Crippen molar-refractivity contribution in [2.75, 3.05) is 7.05 Å². The number of nitrogens with zero attached hydrogens (tertiary/aromatic N) is 4. The van der Waals surface area contributed by atoms with Gasteiger partial charge in [-0.25, -0.2) is 0 Å². The Balaban J connectivity index is 1.76. The molecule has 2 heterocycles. The fourth-order valence-corrected chi connectivity index (χ4v) is 3.12. The minimum absolute atomic E-state index is 0.137. The van der Waals surface area contributed by atoms with Crippen molar-refractivity contribution in [1.82, 2.24) is 19.8 Å². The number of ether oxygens (including phenoxy) is 1. The lowest BCUT2D eigenvalue weighted by Gasteiger charge is -2.17. The molecule has 0 N–H and O–H groups in total. The molecule has 0 unspecified atom stereocenters. The van der Waals surface area contributed by atoms with Gasteiger partial charge < -0.3 is 14.2 Å². The number of benzene rings is 1. The van der Waals surface area contributed by atoms with Crippen LogP contribution in [0, 0.1) is 6.92 Å². The van der Waals surface area contributed by atoms with E-state index in [0.29, 0.717) is 40.2 Å². The summed E-state index contributed by atoms with van der Waals surface area (Å²) in [4.78, 5) is 14.5. The van der Waals surface area contributed by atoms with Gasteiger partial charge in [-0.05, 0) is 32.0 Å². The SMILES string of the molecule is CCn1ncc(Cl)c1CN(C)C(=O)c1noc(C)c1COc1cccc(Cl)c1. The minimum atomic E-state index is -0.290. The Hall–Kier alpha value is -2.51. The predicted molar refractivity (Wildman–Crippen MR) is 106 cm³/mol. The van der Waals surface area contributed by atoms with E-state index >= 15 is 0 Å². The zero-order valence-electron chi connectivity index (χ0n) is 15.8. The summed E-state index contributed by atoms with van der Waals surface area (Å²) in [6.45, 7) is 4.79. The summed E-state index contributed by atoms with van der Waals surface area (Å²) in [6, 6.07) is 7.04. The molecule has 28 heavy (non-hydrogen) atoms. The van der Waals surface area contributed by atoms with Gasteiger partial charge in [0.2, 0.25) is 0 Å². The normalized spacial score (nSPS) is 10.9. The Morgan fingerprint density at radius 1 is 1.36 bits per heavy atom. The summed E-state index contributed by atoms with van der Waals surface area (Å²) in [5.41, 5.74) is 1.56. The van der Waals surface area contributed by atoms with E-state index in [9.17, 15) is 4.79 Å². The van der Waals surface area contributed by atoms with Crippen LogP contribution in [0.1, 0.15) is 34.4 Å². The molecule has 1 aromatic carbocycles. The van der Waals surface area contributed by atoms with Crippen LogP contribution in [0.4, 0.5) is 0 Å². The van der Waals surface area contributed by atoms with E-state index in [-0.39, 0.29) is 18.2 Å². The standard InChI is InChI=1S/C19H20Cl2N4O3/c1-4-25-17(16(21)9-22-25)10-24(3)19(26)18-15(12(2)28-23-18)11-27-14-7-5-6-13(20)8-14/h5-9H,4,10-11H2,1-3H3. The Morgan fingerprint density at radius 2 is 2.14 bits per heavy atom. The molecule has 7 nitrogen and oxygen atoms in total. The molecule has 148 valence electrons. The van der Waals surface area contributed by atoms with Crippen LogP contribution in [0.25, 0.3) is 0 Å². The number of hydrogen-bond acceptors (Lipinski definition) is 5. The highest BCUT2D eigenvalue weighted by atomic mass is 35.5. The van der Waals surface area contributed by atoms with E-state index in [1.54, 1.807) is 49.1 Å². The van der Waals surface area contributed by atoms with Crippen molar-refractivity contribution in [1.29, 1.82) is 0 Å². The molecule has 3 aromatic rings. The third-order valence-corrected chi connectivity index (χ3v) is 4.85. The van der Waals surface area contributed by atoms with Crippen LogP contribution in [0.15, 0.2) is 35.0 Å². The fourth-order valence-electron chi connectivity index (χ4n) is 2.74. The predicted octanol–water partition coefficient (Wildman–Crippen LogP) is 4.36. The van der Waals surface area contributed by atoms with Crippen molar-refractivity contribution < 1.29 is 14.1 Å². The zero-order valence-corrected chi connectivity index (χ0v) is 17.3. The molecule has 0 spiro atoms. The molecular weight excluding hydrogens is 403 g/mol. The average molecular weight is 423 g/mol. The quantitative estimate of drug-likeness (QED) is 0.565. The van der Waals surface area contributed by atoms with Gasteiger partial charge in [0.1, 0.15) is 18.1 Å². The molecule has 2 aromatic heterocycles. The number of hydrogen-bond donors (Lipinski definition) is 0. The fraction of sp³-hybridized carbons (Fsp3) is 0.316. The van der Waals surface area contributed by atoms with E-state index in [4.69, 9.17) is 32.5 Å². The summed E-state index contributed by atoms with van der Waals surface area (Å²) in [6.07, 6.45) is 1.57. The lowest BCUT2D eigenvalue weighted by molar-refractivity contribution is 0.0769. The lowest BCUT2D eigenvalue weighted by Crippen LogP contribution is -2.29. The monoisotopic (exact) mass is 422 g/mol. The Morgan fingerprint density at radius 3 is 2.86 bits per heavy atom. The van der Waals surface area contributed by atoms with Gasteiger partial charge in [-0.3, -0.25) is 9.48 Å². The first kappa shape index (κ1) is 20.2. The van der Waals surface area contributed by atoms with Crippen LogP contribution in [-0.2, 0) is 19.7 Å². The van der Waals surface area contributed by atoms with Crippen LogP contribution in [0.3, 0.4) is 0 Å². The second-order valence-electron chi connectivity index (χ2n) is 6.23. The second-order valence-corrected chi connectivity index (χ2v) is 7.07. The van der Waals surface area contributed by atoms with Crippen LogP contribution in [-0.4, -0.2) is 32.8 Å². The van der Waals surface area contributed by atoms with E-state index < -0.39 is 0 Å². The van der Waals surface area contributed by atoms with Crippen molar-refractivity contribution in [2.45, 2.75) is 33.5 Å².